The highest BCUT2D eigenvalue weighted by Gasteiger charge is 2.39. The van der Waals surface area contributed by atoms with Crippen LogP contribution in [0.15, 0.2) is 0 Å². The molecule has 0 radical (unpaired) electrons. The highest BCUT2D eigenvalue weighted by Crippen LogP contribution is 2.44. The third-order valence-electron chi connectivity index (χ3n) is 1.69. The van der Waals surface area contributed by atoms with Crippen LogP contribution in [0.25, 0.3) is 0 Å². The van der Waals surface area contributed by atoms with Gasteiger partial charge in [0.1, 0.15) is 0 Å². The van der Waals surface area contributed by atoms with E-state index in [0.717, 1.165) is 15.8 Å². The van der Waals surface area contributed by atoms with Gasteiger partial charge in [-0.1, -0.05) is 36.4 Å². The van der Waals surface area contributed by atoms with Crippen molar-refractivity contribution in [2.24, 2.45) is 11.8 Å². The molecule has 0 bridgehead atoms. The fourth-order valence-electron chi connectivity index (χ4n) is 0.602. The molecule has 0 amide bonds. The molecule has 0 aliphatic heterocycles. The van der Waals surface area contributed by atoms with Gasteiger partial charge in [-0.3, -0.25) is 0 Å². The zero-order valence-electron chi connectivity index (χ0n) is 4.11. The maximum atomic E-state index is 2.51. The van der Waals surface area contributed by atoms with Gasteiger partial charge < -0.3 is 0 Å². The molecule has 0 N–H and O–H groups in total. The minimum absolute atomic E-state index is 0.989. The third kappa shape index (κ3) is 0.572. The van der Waals surface area contributed by atoms with E-state index in [4.69, 9.17) is 0 Å². The Hall–Kier alpha value is 0.730. The first-order valence-corrected chi connectivity index (χ1v) is 3.62. The van der Waals surface area contributed by atoms with E-state index in [1.165, 1.54) is 0 Å². The standard InChI is InChI=1S/C5H9I/c1-3-4(2)5(3)6/h3-5H,1-2H3/t3-,4+,5?. The van der Waals surface area contributed by atoms with Gasteiger partial charge >= 0.3 is 0 Å². The minimum atomic E-state index is 0.989. The molecule has 3 atom stereocenters. The molecule has 0 aromatic heterocycles. The quantitative estimate of drug-likeness (QED) is 0.411. The van der Waals surface area contributed by atoms with Crippen LogP contribution in [0.1, 0.15) is 13.8 Å². The van der Waals surface area contributed by atoms with Crippen LogP contribution in [0.5, 0.6) is 0 Å². The normalized spacial score (nSPS) is 55.5. The van der Waals surface area contributed by atoms with E-state index in [1.807, 2.05) is 0 Å². The molecular weight excluding hydrogens is 187 g/mol. The molecule has 0 saturated heterocycles. The molecular formula is C5H9I. The van der Waals surface area contributed by atoms with Crippen LogP contribution in [0, 0.1) is 11.8 Å². The van der Waals surface area contributed by atoms with Gasteiger partial charge in [0, 0.05) is 3.92 Å². The van der Waals surface area contributed by atoms with Crippen LogP contribution in [0.2, 0.25) is 0 Å². The summed E-state index contributed by atoms with van der Waals surface area (Å²) in [6.07, 6.45) is 0. The smallest absolute Gasteiger partial charge is 0.0167 e. The van der Waals surface area contributed by atoms with Crippen LogP contribution < -0.4 is 0 Å². The molecule has 1 heteroatoms. The van der Waals surface area contributed by atoms with Gasteiger partial charge in [0.25, 0.3) is 0 Å². The monoisotopic (exact) mass is 196 g/mol. The Balaban J connectivity index is 2.31. The fraction of sp³-hybridized carbons (Fsp3) is 1.00. The molecule has 0 nitrogen and oxygen atoms in total. The maximum Gasteiger partial charge on any atom is 0.0167 e. The summed E-state index contributed by atoms with van der Waals surface area (Å²) in [6, 6.07) is 0. The van der Waals surface area contributed by atoms with E-state index >= 15 is 0 Å². The molecule has 0 aromatic carbocycles. The lowest BCUT2D eigenvalue weighted by Crippen LogP contribution is -1.60. The first-order valence-electron chi connectivity index (χ1n) is 2.37. The lowest BCUT2D eigenvalue weighted by atomic mass is 10.4. The number of hydrogen-bond donors (Lipinski definition) is 0. The number of hydrogen-bond acceptors (Lipinski definition) is 0. The number of alkyl halides is 1. The van der Waals surface area contributed by atoms with Gasteiger partial charge in [-0.25, -0.2) is 0 Å². The van der Waals surface area contributed by atoms with Crippen molar-refractivity contribution in [3.8, 4) is 0 Å². The summed E-state index contributed by atoms with van der Waals surface area (Å²) in [5.41, 5.74) is 0. The van der Waals surface area contributed by atoms with E-state index in [2.05, 4.69) is 36.4 Å². The van der Waals surface area contributed by atoms with Gasteiger partial charge in [-0.2, -0.15) is 0 Å². The molecule has 1 aliphatic rings. The molecule has 1 aliphatic carbocycles. The number of rotatable bonds is 0. The Morgan fingerprint density at radius 3 is 1.33 bits per heavy atom. The molecule has 1 unspecified atom stereocenters. The predicted molar refractivity (Wildman–Crippen MR) is 36.1 cm³/mol. The lowest BCUT2D eigenvalue weighted by Gasteiger charge is -1.66. The SMILES string of the molecule is C[C@@H]1C(I)[C@@H]1C. The van der Waals surface area contributed by atoms with Gasteiger partial charge in [0.15, 0.2) is 0 Å². The molecule has 1 rings (SSSR count). The lowest BCUT2D eigenvalue weighted by molar-refractivity contribution is 0.834. The Morgan fingerprint density at radius 1 is 1.17 bits per heavy atom. The van der Waals surface area contributed by atoms with E-state index < -0.39 is 0 Å². The topological polar surface area (TPSA) is 0 Å². The van der Waals surface area contributed by atoms with Crippen LogP contribution in [0.3, 0.4) is 0 Å². The Bertz CT molecular complexity index is 40.7. The van der Waals surface area contributed by atoms with E-state index in [0.29, 0.717) is 0 Å². The summed E-state index contributed by atoms with van der Waals surface area (Å²) >= 11 is 2.51. The summed E-state index contributed by atoms with van der Waals surface area (Å²) < 4.78 is 0.989. The Labute approximate surface area is 52.5 Å². The van der Waals surface area contributed by atoms with E-state index in [1.54, 1.807) is 0 Å². The van der Waals surface area contributed by atoms with Crippen LogP contribution in [-0.2, 0) is 0 Å². The Kier molecular flexibility index (Phi) is 1.10. The van der Waals surface area contributed by atoms with Gasteiger partial charge in [0.05, 0.1) is 0 Å². The average Bonchev–Trinajstić information content (AvgIpc) is 1.94. The highest BCUT2D eigenvalue weighted by atomic mass is 127. The summed E-state index contributed by atoms with van der Waals surface area (Å²) in [6.45, 7) is 4.61. The summed E-state index contributed by atoms with van der Waals surface area (Å²) in [7, 11) is 0. The van der Waals surface area contributed by atoms with Crippen LogP contribution >= 0.6 is 22.6 Å². The van der Waals surface area contributed by atoms with Crippen molar-refractivity contribution in [3.05, 3.63) is 0 Å². The minimum Gasteiger partial charge on any atom is -0.0820 e. The molecule has 6 heavy (non-hydrogen) atoms. The zero-order valence-corrected chi connectivity index (χ0v) is 6.27. The molecule has 36 valence electrons. The van der Waals surface area contributed by atoms with Crippen molar-refractivity contribution in [2.45, 2.75) is 17.8 Å². The van der Waals surface area contributed by atoms with Gasteiger partial charge in [-0.05, 0) is 11.8 Å². The Morgan fingerprint density at radius 2 is 1.33 bits per heavy atom. The highest BCUT2D eigenvalue weighted by molar-refractivity contribution is 14.1. The van der Waals surface area contributed by atoms with E-state index in [9.17, 15) is 0 Å². The van der Waals surface area contributed by atoms with Crippen molar-refractivity contribution in [2.75, 3.05) is 0 Å². The van der Waals surface area contributed by atoms with Crippen molar-refractivity contribution in [1.82, 2.24) is 0 Å². The van der Waals surface area contributed by atoms with Crippen molar-refractivity contribution >= 4 is 22.6 Å². The maximum absolute atomic E-state index is 2.51. The predicted octanol–water partition coefficient (Wildman–Crippen LogP) is 2.08. The van der Waals surface area contributed by atoms with Gasteiger partial charge in [0.2, 0.25) is 0 Å². The third-order valence-corrected chi connectivity index (χ3v) is 3.96. The molecule has 1 saturated carbocycles. The second-order valence-corrected chi connectivity index (χ2v) is 3.60. The summed E-state index contributed by atoms with van der Waals surface area (Å²) in [4.78, 5) is 0. The molecule has 0 aromatic rings. The average molecular weight is 196 g/mol. The summed E-state index contributed by atoms with van der Waals surface area (Å²) in [5, 5.41) is 0. The number of halogens is 1. The van der Waals surface area contributed by atoms with E-state index in [-0.39, 0.29) is 0 Å². The molecule has 1 fully saturated rings. The first-order chi connectivity index (χ1) is 2.73. The second-order valence-electron chi connectivity index (χ2n) is 2.16. The largest absolute Gasteiger partial charge is 0.0820 e. The van der Waals surface area contributed by atoms with Gasteiger partial charge in [-0.15, -0.1) is 0 Å². The second kappa shape index (κ2) is 1.35. The van der Waals surface area contributed by atoms with Crippen molar-refractivity contribution < 1.29 is 0 Å². The summed E-state index contributed by atoms with van der Waals surface area (Å²) in [5.74, 6) is 2.01. The van der Waals surface area contributed by atoms with Crippen LogP contribution in [-0.4, -0.2) is 3.92 Å². The zero-order chi connectivity index (χ0) is 4.73. The fourth-order valence-corrected chi connectivity index (χ4v) is 1.67. The molecule has 0 spiro atoms. The van der Waals surface area contributed by atoms with Crippen molar-refractivity contribution in [3.63, 3.8) is 0 Å². The van der Waals surface area contributed by atoms with Crippen molar-refractivity contribution in [1.29, 1.82) is 0 Å². The molecule has 0 heterocycles. The van der Waals surface area contributed by atoms with Crippen LogP contribution in [0.4, 0.5) is 0 Å². The first kappa shape index (κ1) is 4.88.